The summed E-state index contributed by atoms with van der Waals surface area (Å²) in [5, 5.41) is 19.6. The first-order valence-electron chi connectivity index (χ1n) is 12.0. The number of amides is 1. The summed E-state index contributed by atoms with van der Waals surface area (Å²) < 4.78 is 10.3. The maximum atomic E-state index is 13.7. The van der Waals surface area contributed by atoms with Gasteiger partial charge in [-0.2, -0.15) is 0 Å². The lowest BCUT2D eigenvalue weighted by Crippen LogP contribution is -2.52. The first-order chi connectivity index (χ1) is 17.4. The normalized spacial score (nSPS) is 15.9. The third-order valence-corrected chi connectivity index (χ3v) is 6.84. The summed E-state index contributed by atoms with van der Waals surface area (Å²) in [6.45, 7) is 2.71. The van der Waals surface area contributed by atoms with Crippen LogP contribution in [0.1, 0.15) is 24.1 Å². The summed E-state index contributed by atoms with van der Waals surface area (Å²) >= 11 is 0. The highest BCUT2D eigenvalue weighted by molar-refractivity contribution is 5.99. The Bertz CT molecular complexity index is 1450. The van der Waals surface area contributed by atoms with E-state index in [9.17, 15) is 14.7 Å². The molecule has 4 aromatic rings. The van der Waals surface area contributed by atoms with Gasteiger partial charge in [-0.05, 0) is 60.7 Å². The molecule has 1 fully saturated rings. The Labute approximate surface area is 207 Å². The maximum absolute atomic E-state index is 13.7. The van der Waals surface area contributed by atoms with Crippen LogP contribution < -0.4 is 10.9 Å². The molecule has 184 valence electrons. The lowest BCUT2D eigenvalue weighted by Gasteiger charge is -2.37. The van der Waals surface area contributed by atoms with Crippen molar-refractivity contribution in [3.8, 4) is 11.1 Å². The van der Waals surface area contributed by atoms with Crippen LogP contribution >= 0.6 is 0 Å². The van der Waals surface area contributed by atoms with Gasteiger partial charge in [0, 0.05) is 49.0 Å². The van der Waals surface area contributed by atoms with Crippen molar-refractivity contribution in [3.63, 3.8) is 0 Å². The van der Waals surface area contributed by atoms with Crippen LogP contribution in [0.25, 0.3) is 21.9 Å². The summed E-state index contributed by atoms with van der Waals surface area (Å²) in [5.41, 5.74) is 1.58. The molecule has 3 heterocycles. The number of aromatic nitrogens is 2. The summed E-state index contributed by atoms with van der Waals surface area (Å²) in [5.74, 6) is -0.765. The number of rotatable bonds is 6. The smallest absolute Gasteiger partial charge is 0.366 e. The van der Waals surface area contributed by atoms with Gasteiger partial charge in [-0.3, -0.25) is 9.78 Å². The Morgan fingerprint density at radius 2 is 1.89 bits per heavy atom. The number of anilines is 1. The predicted molar refractivity (Wildman–Crippen MR) is 136 cm³/mol. The molecule has 2 aromatic heterocycles. The molecule has 0 aliphatic carbocycles. The van der Waals surface area contributed by atoms with E-state index in [4.69, 9.17) is 9.26 Å². The molecular formula is C28H27N3O5. The molecule has 1 amide bonds. The molecule has 1 saturated heterocycles. The van der Waals surface area contributed by atoms with Crippen molar-refractivity contribution in [1.29, 1.82) is 0 Å². The minimum Gasteiger partial charge on any atom is -0.381 e. The summed E-state index contributed by atoms with van der Waals surface area (Å²) in [7, 11) is 0. The minimum atomic E-state index is -1.66. The van der Waals surface area contributed by atoms with Crippen LogP contribution in [0.5, 0.6) is 0 Å². The Balaban J connectivity index is 1.46. The second-order valence-corrected chi connectivity index (χ2v) is 9.20. The molecule has 2 N–H and O–H groups in total. The summed E-state index contributed by atoms with van der Waals surface area (Å²) in [6.07, 6.45) is 4.81. The molecule has 0 spiro atoms. The Morgan fingerprint density at radius 1 is 1.08 bits per heavy atom. The lowest BCUT2D eigenvalue weighted by atomic mass is 9.77. The third kappa shape index (κ3) is 4.78. The number of carbonyl (C=O) groups excluding carboxylic acids is 1. The number of benzene rings is 2. The van der Waals surface area contributed by atoms with Crippen LogP contribution in [0.15, 0.2) is 76.3 Å². The zero-order chi connectivity index (χ0) is 25.1. The highest BCUT2D eigenvalue weighted by atomic mass is 16.5. The van der Waals surface area contributed by atoms with Crippen molar-refractivity contribution in [2.75, 3.05) is 18.5 Å². The van der Waals surface area contributed by atoms with Gasteiger partial charge in [0.15, 0.2) is 0 Å². The van der Waals surface area contributed by atoms with Gasteiger partial charge >= 0.3 is 5.63 Å². The van der Waals surface area contributed by atoms with E-state index < -0.39 is 17.1 Å². The molecule has 1 aliphatic heterocycles. The molecule has 2 aromatic carbocycles. The van der Waals surface area contributed by atoms with E-state index in [0.29, 0.717) is 48.2 Å². The maximum Gasteiger partial charge on any atom is 0.366 e. The number of hydrogen-bond acceptors (Lipinski definition) is 7. The number of hydrogen-bond donors (Lipinski definition) is 2. The average Bonchev–Trinajstić information content (AvgIpc) is 2.92. The van der Waals surface area contributed by atoms with Crippen LogP contribution in [0.4, 0.5) is 5.69 Å². The van der Waals surface area contributed by atoms with Crippen molar-refractivity contribution in [2.24, 2.45) is 5.92 Å². The second kappa shape index (κ2) is 10.0. The molecule has 0 bridgehead atoms. The van der Waals surface area contributed by atoms with Gasteiger partial charge in [0.1, 0.15) is 5.60 Å². The van der Waals surface area contributed by atoms with Gasteiger partial charge in [0.05, 0.1) is 11.1 Å². The average molecular weight is 486 g/mol. The summed E-state index contributed by atoms with van der Waals surface area (Å²) in [6, 6.07) is 16.6. The van der Waals surface area contributed by atoms with E-state index in [-0.39, 0.29) is 12.3 Å². The topological polar surface area (TPSA) is 115 Å². The van der Waals surface area contributed by atoms with Crippen LogP contribution in [0, 0.1) is 12.8 Å². The molecular weight excluding hydrogens is 458 g/mol. The number of nitrogens with zero attached hydrogens (tertiary/aromatic N) is 2. The molecule has 1 aliphatic rings. The van der Waals surface area contributed by atoms with Crippen molar-refractivity contribution in [3.05, 3.63) is 88.7 Å². The van der Waals surface area contributed by atoms with Crippen molar-refractivity contribution in [1.82, 2.24) is 10.1 Å². The number of aliphatic hydroxyl groups is 1. The van der Waals surface area contributed by atoms with Gasteiger partial charge in [0.2, 0.25) is 0 Å². The highest BCUT2D eigenvalue weighted by Crippen LogP contribution is 2.33. The molecule has 8 nitrogen and oxygen atoms in total. The standard InChI is InChI=1S/C28H27N3O5/c1-18-25-15-23(7-8-24(25)26(32)36-31-18)30-27(33)28(34,22-9-12-35-13-10-22)16-19-4-2-5-20(14-19)21-6-3-11-29-17-21/h2-8,11,14-15,17,22,34H,9-10,12-13,16H2,1H3,(H,30,33). The minimum absolute atomic E-state index is 0.148. The van der Waals surface area contributed by atoms with Gasteiger partial charge in [-0.1, -0.05) is 35.5 Å². The zero-order valence-corrected chi connectivity index (χ0v) is 19.9. The fraction of sp³-hybridized carbons (Fsp3) is 0.286. The molecule has 0 radical (unpaired) electrons. The Hall–Kier alpha value is -3.88. The van der Waals surface area contributed by atoms with Crippen LogP contribution in [-0.4, -0.2) is 40.0 Å². The van der Waals surface area contributed by atoms with E-state index >= 15 is 0 Å². The molecule has 5 rings (SSSR count). The Morgan fingerprint density at radius 3 is 2.67 bits per heavy atom. The second-order valence-electron chi connectivity index (χ2n) is 9.20. The van der Waals surface area contributed by atoms with Crippen molar-refractivity contribution < 1.29 is 19.2 Å². The van der Waals surface area contributed by atoms with Gasteiger partial charge in [0.25, 0.3) is 5.91 Å². The number of carbonyl (C=O) groups is 1. The van der Waals surface area contributed by atoms with Gasteiger partial charge in [-0.15, -0.1) is 0 Å². The molecule has 1 atom stereocenters. The largest absolute Gasteiger partial charge is 0.381 e. The quantitative estimate of drug-likeness (QED) is 0.426. The van der Waals surface area contributed by atoms with E-state index in [1.54, 1.807) is 37.5 Å². The van der Waals surface area contributed by atoms with Gasteiger partial charge < -0.3 is 19.7 Å². The number of pyridine rings is 1. The zero-order valence-electron chi connectivity index (χ0n) is 19.9. The molecule has 1 unspecified atom stereocenters. The SMILES string of the molecule is Cc1noc(=O)c2ccc(NC(=O)C(O)(Cc3cccc(-c4cccnc4)c3)C3CCOCC3)cc12. The predicted octanol–water partition coefficient (Wildman–Crippen LogP) is 3.90. The monoisotopic (exact) mass is 485 g/mol. The first kappa shape index (κ1) is 23.8. The van der Waals surface area contributed by atoms with Crippen molar-refractivity contribution >= 4 is 22.4 Å². The van der Waals surface area contributed by atoms with Crippen LogP contribution in [0.3, 0.4) is 0 Å². The summed E-state index contributed by atoms with van der Waals surface area (Å²) in [4.78, 5) is 29.9. The number of nitrogens with one attached hydrogen (secondary N) is 1. The van der Waals surface area contributed by atoms with E-state index in [1.807, 2.05) is 36.4 Å². The fourth-order valence-corrected chi connectivity index (χ4v) is 4.84. The number of ether oxygens (including phenoxy) is 1. The van der Waals surface area contributed by atoms with E-state index in [2.05, 4.69) is 15.5 Å². The van der Waals surface area contributed by atoms with Gasteiger partial charge in [-0.25, -0.2) is 4.79 Å². The van der Waals surface area contributed by atoms with E-state index in [0.717, 1.165) is 16.7 Å². The lowest BCUT2D eigenvalue weighted by molar-refractivity contribution is -0.144. The van der Waals surface area contributed by atoms with E-state index in [1.165, 1.54) is 0 Å². The highest BCUT2D eigenvalue weighted by Gasteiger charge is 2.44. The molecule has 0 saturated carbocycles. The van der Waals surface area contributed by atoms with Crippen molar-refractivity contribution in [2.45, 2.75) is 31.8 Å². The van der Waals surface area contributed by atoms with Crippen LogP contribution in [-0.2, 0) is 16.0 Å². The third-order valence-electron chi connectivity index (χ3n) is 6.84. The number of aryl methyl sites for hydroxylation is 1. The molecule has 8 heteroatoms. The fourth-order valence-electron chi connectivity index (χ4n) is 4.84. The van der Waals surface area contributed by atoms with Crippen LogP contribution in [0.2, 0.25) is 0 Å². The first-order valence-corrected chi connectivity index (χ1v) is 12.0. The molecule has 36 heavy (non-hydrogen) atoms. The Kier molecular flexibility index (Phi) is 6.63. The number of fused-ring (bicyclic) bond motifs is 1.